The molecule has 0 amide bonds. The smallest absolute Gasteiger partial charge is 0.263 e. The molecule has 9 heteroatoms. The molecule has 0 aliphatic carbocycles. The lowest BCUT2D eigenvalue weighted by Crippen LogP contribution is -2.23. The van der Waals surface area contributed by atoms with Crippen LogP contribution in [-0.2, 0) is 0 Å². The Labute approximate surface area is 211 Å². The van der Waals surface area contributed by atoms with Gasteiger partial charge >= 0.3 is 0 Å². The lowest BCUT2D eigenvalue weighted by Gasteiger charge is -2.25. The third kappa shape index (κ3) is 4.21. The van der Waals surface area contributed by atoms with Crippen LogP contribution in [0.2, 0.25) is 0 Å². The Morgan fingerprint density at radius 1 is 0.946 bits per heavy atom. The van der Waals surface area contributed by atoms with E-state index in [0.717, 1.165) is 5.56 Å². The second kappa shape index (κ2) is 9.43. The highest BCUT2D eigenvalue weighted by Crippen LogP contribution is 2.39. The van der Waals surface area contributed by atoms with Gasteiger partial charge in [0.15, 0.2) is 5.82 Å². The van der Waals surface area contributed by atoms with Crippen molar-refractivity contribution in [3.63, 3.8) is 0 Å². The normalized spacial score (nSPS) is 11.7. The van der Waals surface area contributed by atoms with Crippen molar-refractivity contribution in [2.24, 2.45) is 0 Å². The summed E-state index contributed by atoms with van der Waals surface area (Å²) in [5.41, 5.74) is 15.5. The Morgan fingerprint density at radius 2 is 1.62 bits per heavy atom. The predicted octanol–water partition coefficient (Wildman–Crippen LogP) is 4.77. The Bertz CT molecular complexity index is 1730. The number of nitriles is 1. The maximum atomic E-state index is 13.9. The van der Waals surface area contributed by atoms with E-state index in [1.807, 2.05) is 55.5 Å². The van der Waals surface area contributed by atoms with Crippen molar-refractivity contribution in [1.29, 1.82) is 5.26 Å². The maximum Gasteiger partial charge on any atom is 0.263 e. The Hall–Kier alpha value is -5.23. The van der Waals surface area contributed by atoms with Crippen LogP contribution in [0.5, 0.6) is 0 Å². The first-order valence-electron chi connectivity index (χ1n) is 11.5. The van der Waals surface area contributed by atoms with Gasteiger partial charge in [0, 0.05) is 11.8 Å². The van der Waals surface area contributed by atoms with Gasteiger partial charge < -0.3 is 16.8 Å². The van der Waals surface area contributed by atoms with Crippen molar-refractivity contribution in [2.45, 2.75) is 13.0 Å². The third-order valence-electron chi connectivity index (χ3n) is 6.14. The minimum Gasteiger partial charge on any atom is -0.382 e. The lowest BCUT2D eigenvalue weighted by molar-refractivity contribution is 0.628. The first-order valence-corrected chi connectivity index (χ1v) is 11.5. The molecule has 0 aliphatic rings. The van der Waals surface area contributed by atoms with Crippen molar-refractivity contribution in [1.82, 2.24) is 14.4 Å². The first-order chi connectivity index (χ1) is 17.9. The molecule has 37 heavy (non-hydrogen) atoms. The van der Waals surface area contributed by atoms with Crippen LogP contribution in [-0.4, -0.2) is 14.4 Å². The molecule has 0 radical (unpaired) electrons. The Balaban J connectivity index is 1.86. The minimum atomic E-state index is -0.561. The average molecular weight is 492 g/mol. The largest absolute Gasteiger partial charge is 0.382 e. The fraction of sp³-hybridized carbons (Fsp3) is 0.0714. The summed E-state index contributed by atoms with van der Waals surface area (Å²) in [6.45, 7) is 1.85. The fourth-order valence-corrected chi connectivity index (χ4v) is 4.55. The summed E-state index contributed by atoms with van der Waals surface area (Å²) in [5.74, 6) is -0.364. The number of nitrogen functional groups attached to an aromatic ring is 2. The molecule has 5 N–H and O–H groups in total. The number of hydrogen-bond acceptors (Lipinski definition) is 7. The van der Waals surface area contributed by atoms with E-state index in [2.05, 4.69) is 15.3 Å². The second-order valence-corrected chi connectivity index (χ2v) is 8.47. The monoisotopic (exact) mass is 491 g/mol. The number of pyridine rings is 2. The van der Waals surface area contributed by atoms with Gasteiger partial charge in [0.05, 0.1) is 17.1 Å². The summed E-state index contributed by atoms with van der Waals surface area (Å²) < 4.78 is 15.5. The van der Waals surface area contributed by atoms with Crippen LogP contribution in [0.3, 0.4) is 0 Å². The Kier molecular flexibility index (Phi) is 5.99. The summed E-state index contributed by atoms with van der Waals surface area (Å²) in [5, 5.41) is 12.9. The topological polar surface area (TPSA) is 135 Å². The van der Waals surface area contributed by atoms with Gasteiger partial charge in [0.25, 0.3) is 5.56 Å². The van der Waals surface area contributed by atoms with Gasteiger partial charge in [-0.25, -0.2) is 4.39 Å². The molecular formula is C28H22FN7O. The van der Waals surface area contributed by atoms with Gasteiger partial charge in [-0.2, -0.15) is 15.2 Å². The molecule has 2 aromatic carbocycles. The number of fused-ring (bicyclic) bond motifs is 1. The van der Waals surface area contributed by atoms with Gasteiger partial charge in [-0.1, -0.05) is 48.5 Å². The second-order valence-electron chi connectivity index (χ2n) is 8.47. The number of anilines is 3. The zero-order valence-corrected chi connectivity index (χ0v) is 19.8. The van der Waals surface area contributed by atoms with Crippen LogP contribution in [0, 0.1) is 17.1 Å². The third-order valence-corrected chi connectivity index (χ3v) is 6.14. The van der Waals surface area contributed by atoms with Crippen molar-refractivity contribution >= 4 is 23.1 Å². The number of nitrogens with two attached hydrogens (primary N) is 2. The van der Waals surface area contributed by atoms with Gasteiger partial charge in [-0.05, 0) is 47.9 Å². The Morgan fingerprint density at radius 3 is 2.32 bits per heavy atom. The molecule has 0 spiro atoms. The highest BCUT2D eigenvalue weighted by atomic mass is 19.1. The van der Waals surface area contributed by atoms with E-state index in [1.165, 1.54) is 12.1 Å². The molecule has 0 unspecified atom stereocenters. The molecule has 0 saturated carbocycles. The van der Waals surface area contributed by atoms with Gasteiger partial charge in [-0.15, -0.1) is 0 Å². The van der Waals surface area contributed by atoms with Crippen LogP contribution in [0.15, 0.2) is 83.8 Å². The zero-order valence-electron chi connectivity index (χ0n) is 19.8. The summed E-state index contributed by atoms with van der Waals surface area (Å²) >= 11 is 0. The zero-order chi connectivity index (χ0) is 26.1. The summed E-state index contributed by atoms with van der Waals surface area (Å²) in [7, 11) is 0. The molecule has 1 atom stereocenters. The van der Waals surface area contributed by atoms with Crippen LogP contribution >= 0.6 is 0 Å². The van der Waals surface area contributed by atoms with E-state index in [0.29, 0.717) is 27.8 Å². The first kappa shape index (κ1) is 23.5. The van der Waals surface area contributed by atoms with Crippen LogP contribution in [0.4, 0.5) is 22.0 Å². The summed E-state index contributed by atoms with van der Waals surface area (Å²) in [6, 6.07) is 22.3. The fourth-order valence-electron chi connectivity index (χ4n) is 4.55. The molecule has 5 aromatic rings. The number of aromatic nitrogens is 3. The molecule has 3 aromatic heterocycles. The molecule has 3 heterocycles. The number of nitrogens with one attached hydrogen (secondary N) is 1. The van der Waals surface area contributed by atoms with E-state index >= 15 is 0 Å². The molecule has 0 saturated heterocycles. The van der Waals surface area contributed by atoms with Crippen LogP contribution in [0.1, 0.15) is 24.1 Å². The quantitative estimate of drug-likeness (QED) is 0.322. The molecule has 0 fully saturated rings. The van der Waals surface area contributed by atoms with Gasteiger partial charge in [0.2, 0.25) is 5.95 Å². The van der Waals surface area contributed by atoms with Crippen LogP contribution < -0.4 is 22.3 Å². The van der Waals surface area contributed by atoms with Crippen molar-refractivity contribution in [3.05, 3.63) is 106 Å². The predicted molar refractivity (Wildman–Crippen MR) is 142 cm³/mol. The number of benzene rings is 2. The highest BCUT2D eigenvalue weighted by molar-refractivity contribution is 5.89. The number of nitrogens with zero attached hydrogens (tertiary/aromatic N) is 4. The van der Waals surface area contributed by atoms with E-state index < -0.39 is 6.04 Å². The van der Waals surface area contributed by atoms with Crippen molar-refractivity contribution in [2.75, 3.05) is 16.8 Å². The number of rotatable bonds is 5. The number of halogens is 1. The molecule has 0 bridgehead atoms. The molecule has 8 nitrogen and oxygen atoms in total. The number of hydrogen-bond donors (Lipinski definition) is 3. The van der Waals surface area contributed by atoms with Crippen molar-refractivity contribution in [3.8, 4) is 28.3 Å². The summed E-state index contributed by atoms with van der Waals surface area (Å²) in [4.78, 5) is 22.0. The van der Waals surface area contributed by atoms with Gasteiger partial charge in [0.1, 0.15) is 23.3 Å². The van der Waals surface area contributed by atoms with E-state index in [4.69, 9.17) is 11.5 Å². The van der Waals surface area contributed by atoms with E-state index in [-0.39, 0.29) is 34.5 Å². The molecule has 5 rings (SSSR count). The van der Waals surface area contributed by atoms with E-state index in [9.17, 15) is 14.4 Å². The van der Waals surface area contributed by atoms with Crippen LogP contribution in [0.25, 0.3) is 27.8 Å². The molecular weight excluding hydrogens is 469 g/mol. The molecule has 182 valence electrons. The minimum absolute atomic E-state index is 0.0446. The summed E-state index contributed by atoms with van der Waals surface area (Å²) in [6.07, 6.45) is 1.71. The highest BCUT2D eigenvalue weighted by Gasteiger charge is 2.25. The van der Waals surface area contributed by atoms with E-state index in [1.54, 1.807) is 28.8 Å². The average Bonchev–Trinajstić information content (AvgIpc) is 2.89. The standard InChI is InChI=1S/C28H22FN7O/c1-16(33-26-20(15-30)25(31)34-28(32)35-26)22-23(18-10-12-19(29)13-11-18)21-9-5-6-14-36(21)27(37)24(22)17-7-3-2-4-8-17/h2-14,16H,1H3,(H5,31,32,33,34,35)/t16-/m0/s1. The SMILES string of the molecule is C[C@H](Nc1nc(N)nc(N)c1C#N)c1c(-c2ccccc2)c(=O)n2ccccc2c1-c1ccc(F)cc1. The van der Waals surface area contributed by atoms with Crippen molar-refractivity contribution < 1.29 is 4.39 Å². The molecule has 0 aliphatic heterocycles. The lowest BCUT2D eigenvalue weighted by atomic mass is 9.88. The van der Waals surface area contributed by atoms with Gasteiger partial charge in [-0.3, -0.25) is 9.20 Å². The maximum absolute atomic E-state index is 13.9.